The minimum Gasteiger partial charge on any atom is -0.391 e. The minimum atomic E-state index is -0.394. The molecule has 3 rings (SSSR count). The molecule has 1 aliphatic rings. The summed E-state index contributed by atoms with van der Waals surface area (Å²) in [6.45, 7) is 5.73. The number of benzene rings is 1. The first-order valence-corrected chi connectivity index (χ1v) is 8.18. The Morgan fingerprint density at radius 3 is 2.68 bits per heavy atom. The number of aliphatic hydroxyl groups excluding tert-OH is 1. The highest BCUT2D eigenvalue weighted by atomic mass is 35.5. The first-order chi connectivity index (χ1) is 11.5. The molecule has 25 heavy (non-hydrogen) atoms. The number of β-amino-alcohol motifs (C(OH)–C–C–N with tert-alkyl or cyclic N) is 1. The second-order valence-corrected chi connectivity index (χ2v) is 6.34. The van der Waals surface area contributed by atoms with Gasteiger partial charge in [0.1, 0.15) is 0 Å². The molecule has 0 spiro atoms. The van der Waals surface area contributed by atoms with Crippen molar-refractivity contribution in [3.63, 3.8) is 0 Å². The van der Waals surface area contributed by atoms with Crippen LogP contribution in [0.4, 0.5) is 0 Å². The molecule has 0 bridgehead atoms. The summed E-state index contributed by atoms with van der Waals surface area (Å²) in [6, 6.07) is 8.00. The van der Waals surface area contributed by atoms with Gasteiger partial charge in [-0.05, 0) is 26.0 Å². The Morgan fingerprint density at radius 1 is 1.32 bits per heavy atom. The summed E-state index contributed by atoms with van der Waals surface area (Å²) in [6.07, 6.45) is -0.206. The van der Waals surface area contributed by atoms with Gasteiger partial charge in [-0.3, -0.25) is 4.79 Å². The molecule has 1 amide bonds. The van der Waals surface area contributed by atoms with Crippen LogP contribution >= 0.6 is 12.4 Å². The SMILES string of the molecule is Cc1ccc(-n2nnc(CC(=O)NCC3CNCC3O)c2C)cc1.Cl. The fourth-order valence-electron chi connectivity index (χ4n) is 2.84. The molecule has 0 aliphatic carbocycles. The van der Waals surface area contributed by atoms with Gasteiger partial charge in [0.05, 0.1) is 29.6 Å². The van der Waals surface area contributed by atoms with E-state index >= 15 is 0 Å². The highest BCUT2D eigenvalue weighted by Gasteiger charge is 2.25. The number of amides is 1. The molecule has 136 valence electrons. The van der Waals surface area contributed by atoms with Gasteiger partial charge in [0.15, 0.2) is 0 Å². The summed E-state index contributed by atoms with van der Waals surface area (Å²) in [5.74, 6) is -0.0357. The molecular formula is C17H24ClN5O2. The number of carbonyl (C=O) groups is 1. The van der Waals surface area contributed by atoms with Gasteiger partial charge in [-0.2, -0.15) is 0 Å². The number of hydrogen-bond donors (Lipinski definition) is 3. The van der Waals surface area contributed by atoms with Crippen LogP contribution in [0.2, 0.25) is 0 Å². The van der Waals surface area contributed by atoms with E-state index in [4.69, 9.17) is 0 Å². The van der Waals surface area contributed by atoms with Crippen LogP contribution < -0.4 is 10.6 Å². The predicted molar refractivity (Wildman–Crippen MR) is 97.2 cm³/mol. The molecule has 0 saturated carbocycles. The smallest absolute Gasteiger partial charge is 0.226 e. The first kappa shape index (κ1) is 19.4. The molecule has 2 atom stereocenters. The fourth-order valence-corrected chi connectivity index (χ4v) is 2.84. The molecule has 1 aromatic carbocycles. The van der Waals surface area contributed by atoms with Crippen LogP contribution in [0.3, 0.4) is 0 Å². The lowest BCUT2D eigenvalue weighted by atomic mass is 10.1. The Hall–Kier alpha value is -1.96. The van der Waals surface area contributed by atoms with Crippen LogP contribution in [0.15, 0.2) is 24.3 Å². The second-order valence-electron chi connectivity index (χ2n) is 6.34. The maximum Gasteiger partial charge on any atom is 0.226 e. The van der Waals surface area contributed by atoms with E-state index in [2.05, 4.69) is 20.9 Å². The summed E-state index contributed by atoms with van der Waals surface area (Å²) >= 11 is 0. The molecule has 1 fully saturated rings. The Morgan fingerprint density at radius 2 is 2.04 bits per heavy atom. The van der Waals surface area contributed by atoms with Crippen LogP contribution in [0.25, 0.3) is 5.69 Å². The van der Waals surface area contributed by atoms with E-state index in [1.54, 1.807) is 4.68 Å². The summed E-state index contributed by atoms with van der Waals surface area (Å²) in [7, 11) is 0. The number of aliphatic hydroxyl groups is 1. The topological polar surface area (TPSA) is 92.1 Å². The standard InChI is InChI=1S/C17H23N5O2.ClH/c1-11-3-5-14(6-4-11)22-12(2)15(20-21-22)7-17(24)19-9-13-8-18-10-16(13)23;/h3-6,13,16,18,23H,7-10H2,1-2H3,(H,19,24);1H. The van der Waals surface area contributed by atoms with Gasteiger partial charge in [0.25, 0.3) is 0 Å². The number of halogens is 1. The van der Waals surface area contributed by atoms with Crippen molar-refractivity contribution in [2.45, 2.75) is 26.4 Å². The van der Waals surface area contributed by atoms with Crippen molar-refractivity contribution in [1.82, 2.24) is 25.6 Å². The van der Waals surface area contributed by atoms with Crippen LogP contribution in [0, 0.1) is 19.8 Å². The zero-order valence-electron chi connectivity index (χ0n) is 14.4. The van der Waals surface area contributed by atoms with Crippen molar-refractivity contribution in [2.75, 3.05) is 19.6 Å². The number of aryl methyl sites for hydroxylation is 1. The van der Waals surface area contributed by atoms with E-state index in [1.165, 1.54) is 5.56 Å². The zero-order chi connectivity index (χ0) is 17.1. The highest BCUT2D eigenvalue weighted by Crippen LogP contribution is 2.13. The second kappa shape index (κ2) is 8.42. The first-order valence-electron chi connectivity index (χ1n) is 8.18. The molecule has 0 radical (unpaired) electrons. The van der Waals surface area contributed by atoms with Gasteiger partial charge >= 0.3 is 0 Å². The Kier molecular flexibility index (Phi) is 6.52. The van der Waals surface area contributed by atoms with Crippen LogP contribution in [-0.2, 0) is 11.2 Å². The maximum absolute atomic E-state index is 12.1. The molecule has 1 saturated heterocycles. The predicted octanol–water partition coefficient (Wildman–Crippen LogP) is 0.545. The Bertz CT molecular complexity index is 716. The van der Waals surface area contributed by atoms with Gasteiger partial charge < -0.3 is 15.7 Å². The van der Waals surface area contributed by atoms with Crippen molar-refractivity contribution < 1.29 is 9.90 Å². The molecule has 8 heteroatoms. The van der Waals surface area contributed by atoms with E-state index in [0.717, 1.165) is 17.9 Å². The third-order valence-electron chi connectivity index (χ3n) is 4.46. The fraction of sp³-hybridized carbons (Fsp3) is 0.471. The van der Waals surface area contributed by atoms with Gasteiger partial charge in [-0.25, -0.2) is 4.68 Å². The highest BCUT2D eigenvalue weighted by molar-refractivity contribution is 5.85. The molecule has 1 aliphatic heterocycles. The lowest BCUT2D eigenvalue weighted by molar-refractivity contribution is -0.120. The average Bonchev–Trinajstić information content (AvgIpc) is 3.13. The molecule has 1 aromatic heterocycles. The minimum absolute atomic E-state index is 0. The van der Waals surface area contributed by atoms with E-state index < -0.39 is 6.10 Å². The van der Waals surface area contributed by atoms with Crippen molar-refractivity contribution in [3.8, 4) is 5.69 Å². The van der Waals surface area contributed by atoms with Gasteiger partial charge in [0.2, 0.25) is 5.91 Å². The normalized spacial score (nSPS) is 19.5. The maximum atomic E-state index is 12.1. The number of nitrogens with one attached hydrogen (secondary N) is 2. The van der Waals surface area contributed by atoms with Crippen LogP contribution in [0.1, 0.15) is 17.0 Å². The Balaban J connectivity index is 0.00000225. The number of aromatic nitrogens is 3. The monoisotopic (exact) mass is 365 g/mol. The number of hydrogen-bond acceptors (Lipinski definition) is 5. The van der Waals surface area contributed by atoms with E-state index in [0.29, 0.717) is 18.8 Å². The molecule has 2 heterocycles. The van der Waals surface area contributed by atoms with E-state index in [1.807, 2.05) is 38.1 Å². The lowest BCUT2D eigenvalue weighted by Crippen LogP contribution is -2.35. The Labute approximate surface area is 153 Å². The van der Waals surface area contributed by atoms with Crippen LogP contribution in [0.5, 0.6) is 0 Å². The molecular weight excluding hydrogens is 342 g/mol. The molecule has 2 unspecified atom stereocenters. The zero-order valence-corrected chi connectivity index (χ0v) is 15.2. The third kappa shape index (κ3) is 4.56. The molecule has 7 nitrogen and oxygen atoms in total. The quantitative estimate of drug-likeness (QED) is 0.719. The number of carbonyl (C=O) groups excluding carboxylic acids is 1. The van der Waals surface area contributed by atoms with Gasteiger partial charge in [-0.15, -0.1) is 17.5 Å². The average molecular weight is 366 g/mol. The summed E-state index contributed by atoms with van der Waals surface area (Å²) < 4.78 is 1.74. The largest absolute Gasteiger partial charge is 0.391 e. The lowest BCUT2D eigenvalue weighted by Gasteiger charge is -2.13. The number of rotatable bonds is 5. The van der Waals surface area contributed by atoms with Crippen molar-refractivity contribution in [3.05, 3.63) is 41.2 Å². The molecule has 2 aromatic rings. The third-order valence-corrected chi connectivity index (χ3v) is 4.46. The molecule has 3 N–H and O–H groups in total. The summed E-state index contributed by atoms with van der Waals surface area (Å²) in [5.41, 5.74) is 3.63. The van der Waals surface area contributed by atoms with Crippen molar-refractivity contribution in [1.29, 1.82) is 0 Å². The van der Waals surface area contributed by atoms with Crippen molar-refractivity contribution >= 4 is 18.3 Å². The van der Waals surface area contributed by atoms with Crippen LogP contribution in [-0.4, -0.2) is 51.7 Å². The van der Waals surface area contributed by atoms with E-state index in [-0.39, 0.29) is 30.7 Å². The van der Waals surface area contributed by atoms with Gasteiger partial charge in [0, 0.05) is 25.6 Å². The summed E-state index contributed by atoms with van der Waals surface area (Å²) in [5, 5.41) is 24.0. The number of nitrogens with zero attached hydrogens (tertiary/aromatic N) is 3. The van der Waals surface area contributed by atoms with Crippen molar-refractivity contribution in [2.24, 2.45) is 5.92 Å². The van der Waals surface area contributed by atoms with Gasteiger partial charge in [-0.1, -0.05) is 22.9 Å². The van der Waals surface area contributed by atoms with E-state index in [9.17, 15) is 9.90 Å². The summed E-state index contributed by atoms with van der Waals surface area (Å²) in [4.78, 5) is 12.1.